The molecule has 0 aromatic heterocycles. The zero-order chi connectivity index (χ0) is 11.5. The molecule has 5 heteroatoms. The lowest BCUT2D eigenvalue weighted by Crippen LogP contribution is -2.47. The number of carbonyl (C=O) groups excluding carboxylic acids is 2. The second-order valence-corrected chi connectivity index (χ2v) is 4.64. The third-order valence-corrected chi connectivity index (χ3v) is 2.17. The van der Waals surface area contributed by atoms with E-state index in [1.807, 2.05) is 0 Å². The van der Waals surface area contributed by atoms with Crippen LogP contribution in [0.4, 0.5) is 4.79 Å². The Morgan fingerprint density at radius 3 is 2.20 bits per heavy atom. The van der Waals surface area contributed by atoms with Gasteiger partial charge in [0, 0.05) is 26.2 Å². The van der Waals surface area contributed by atoms with Gasteiger partial charge in [0.1, 0.15) is 0 Å². The molecule has 0 aromatic carbocycles. The number of piperazine rings is 1. The van der Waals surface area contributed by atoms with Crippen LogP contribution in [-0.2, 0) is 9.53 Å². The lowest BCUT2D eigenvalue weighted by atomic mass is 9.97. The van der Waals surface area contributed by atoms with Gasteiger partial charge in [0.25, 0.3) is 0 Å². The standard InChI is InChI=1S/C10H18N2O3/c1-10(2,3)8(13)15-9(14)12-6-4-11-5-7-12/h11H,4-7H2,1-3H3. The van der Waals surface area contributed by atoms with Crippen molar-refractivity contribution in [2.75, 3.05) is 26.2 Å². The number of nitrogens with zero attached hydrogens (tertiary/aromatic N) is 1. The minimum Gasteiger partial charge on any atom is -0.376 e. The van der Waals surface area contributed by atoms with Gasteiger partial charge in [-0.1, -0.05) is 0 Å². The van der Waals surface area contributed by atoms with Crippen molar-refractivity contribution in [3.63, 3.8) is 0 Å². The summed E-state index contributed by atoms with van der Waals surface area (Å²) in [5.74, 6) is -0.481. The largest absolute Gasteiger partial charge is 0.417 e. The fourth-order valence-electron chi connectivity index (χ4n) is 1.14. The van der Waals surface area contributed by atoms with Gasteiger partial charge in [0.05, 0.1) is 5.41 Å². The van der Waals surface area contributed by atoms with Crippen LogP contribution in [0.25, 0.3) is 0 Å². The average molecular weight is 214 g/mol. The maximum Gasteiger partial charge on any atom is 0.417 e. The van der Waals surface area contributed by atoms with Gasteiger partial charge in [0.15, 0.2) is 0 Å². The first kappa shape index (κ1) is 12.0. The topological polar surface area (TPSA) is 58.6 Å². The van der Waals surface area contributed by atoms with Crippen molar-refractivity contribution in [2.45, 2.75) is 20.8 Å². The molecule has 0 aliphatic carbocycles. The van der Waals surface area contributed by atoms with Crippen LogP contribution in [0.15, 0.2) is 0 Å². The Kier molecular flexibility index (Phi) is 3.68. The molecule has 0 unspecified atom stereocenters. The van der Waals surface area contributed by atoms with Gasteiger partial charge < -0.3 is 15.0 Å². The fraction of sp³-hybridized carbons (Fsp3) is 0.800. The van der Waals surface area contributed by atoms with Gasteiger partial charge in [-0.2, -0.15) is 0 Å². The van der Waals surface area contributed by atoms with Gasteiger partial charge in [-0.15, -0.1) is 0 Å². The van der Waals surface area contributed by atoms with Gasteiger partial charge in [-0.25, -0.2) is 4.79 Å². The van der Waals surface area contributed by atoms with E-state index in [0.717, 1.165) is 13.1 Å². The minimum absolute atomic E-state index is 0.481. The van der Waals surface area contributed by atoms with Crippen LogP contribution in [0.3, 0.4) is 0 Å². The molecule has 1 aliphatic rings. The predicted molar refractivity (Wildman–Crippen MR) is 55.4 cm³/mol. The first-order valence-corrected chi connectivity index (χ1v) is 5.13. The highest BCUT2D eigenvalue weighted by molar-refractivity contribution is 5.87. The molecule has 1 saturated heterocycles. The highest BCUT2D eigenvalue weighted by Gasteiger charge is 2.28. The van der Waals surface area contributed by atoms with E-state index in [1.165, 1.54) is 0 Å². The molecule has 1 heterocycles. The number of rotatable bonds is 0. The molecular formula is C10H18N2O3. The third-order valence-electron chi connectivity index (χ3n) is 2.17. The van der Waals surface area contributed by atoms with Crippen molar-refractivity contribution in [2.24, 2.45) is 5.41 Å². The van der Waals surface area contributed by atoms with Crippen molar-refractivity contribution >= 4 is 12.1 Å². The van der Waals surface area contributed by atoms with Crippen molar-refractivity contribution in [1.29, 1.82) is 0 Å². The summed E-state index contributed by atoms with van der Waals surface area (Å²) in [7, 11) is 0. The van der Waals surface area contributed by atoms with E-state index in [2.05, 4.69) is 5.32 Å². The monoisotopic (exact) mass is 214 g/mol. The van der Waals surface area contributed by atoms with Gasteiger partial charge >= 0.3 is 12.1 Å². The maximum atomic E-state index is 11.5. The number of hydrogen-bond donors (Lipinski definition) is 1. The number of carbonyl (C=O) groups is 2. The van der Waals surface area contributed by atoms with E-state index in [9.17, 15) is 9.59 Å². The lowest BCUT2D eigenvalue weighted by Gasteiger charge is -2.27. The zero-order valence-electron chi connectivity index (χ0n) is 9.50. The number of amides is 1. The fourth-order valence-corrected chi connectivity index (χ4v) is 1.14. The predicted octanol–water partition coefficient (Wildman–Crippen LogP) is 0.601. The van der Waals surface area contributed by atoms with Crippen LogP contribution in [0, 0.1) is 5.41 Å². The van der Waals surface area contributed by atoms with Crippen molar-refractivity contribution in [1.82, 2.24) is 10.2 Å². The number of esters is 1. The highest BCUT2D eigenvalue weighted by Crippen LogP contribution is 2.15. The summed E-state index contributed by atoms with van der Waals surface area (Å²) in [6, 6.07) is 0. The van der Waals surface area contributed by atoms with E-state index in [0.29, 0.717) is 13.1 Å². The molecule has 1 fully saturated rings. The van der Waals surface area contributed by atoms with E-state index in [1.54, 1.807) is 25.7 Å². The third kappa shape index (κ3) is 3.51. The average Bonchev–Trinajstić information content (AvgIpc) is 2.17. The Balaban J connectivity index is 2.44. The Labute approximate surface area is 89.8 Å². The molecule has 1 rings (SSSR count). The molecule has 0 bridgehead atoms. The van der Waals surface area contributed by atoms with Crippen molar-refractivity contribution in [3.8, 4) is 0 Å². The molecular weight excluding hydrogens is 196 g/mol. The summed E-state index contributed by atoms with van der Waals surface area (Å²) in [5, 5.41) is 3.12. The summed E-state index contributed by atoms with van der Waals surface area (Å²) in [5.41, 5.74) is -0.635. The molecule has 0 aromatic rings. The lowest BCUT2D eigenvalue weighted by molar-refractivity contribution is -0.147. The second kappa shape index (κ2) is 4.61. The zero-order valence-corrected chi connectivity index (χ0v) is 9.50. The quantitative estimate of drug-likeness (QED) is 0.474. The number of hydrogen-bond acceptors (Lipinski definition) is 4. The summed E-state index contributed by atoms with van der Waals surface area (Å²) >= 11 is 0. The maximum absolute atomic E-state index is 11.5. The second-order valence-electron chi connectivity index (χ2n) is 4.64. The van der Waals surface area contributed by atoms with Gasteiger partial charge in [-0.3, -0.25) is 4.79 Å². The van der Waals surface area contributed by atoms with Gasteiger partial charge in [-0.05, 0) is 20.8 Å². The summed E-state index contributed by atoms with van der Waals surface area (Å²) < 4.78 is 4.77. The molecule has 15 heavy (non-hydrogen) atoms. The van der Waals surface area contributed by atoms with E-state index < -0.39 is 17.5 Å². The van der Waals surface area contributed by atoms with Crippen LogP contribution in [0.1, 0.15) is 20.8 Å². The molecule has 0 saturated carbocycles. The molecule has 86 valence electrons. The van der Waals surface area contributed by atoms with E-state index in [4.69, 9.17) is 4.74 Å². The Hall–Kier alpha value is -1.10. The Bertz CT molecular complexity index is 252. The minimum atomic E-state index is -0.635. The first-order valence-electron chi connectivity index (χ1n) is 5.13. The molecule has 5 nitrogen and oxygen atoms in total. The first-order chi connectivity index (χ1) is 6.91. The van der Waals surface area contributed by atoms with Crippen LogP contribution >= 0.6 is 0 Å². The SMILES string of the molecule is CC(C)(C)C(=O)OC(=O)N1CCNCC1. The Morgan fingerprint density at radius 1 is 1.20 bits per heavy atom. The van der Waals surface area contributed by atoms with Crippen LogP contribution in [-0.4, -0.2) is 43.1 Å². The molecule has 0 radical (unpaired) electrons. The molecule has 1 N–H and O–H groups in total. The molecule has 0 spiro atoms. The number of nitrogens with one attached hydrogen (secondary N) is 1. The molecule has 1 amide bonds. The summed E-state index contributed by atoms with van der Waals surface area (Å²) in [4.78, 5) is 24.5. The van der Waals surface area contributed by atoms with Crippen LogP contribution < -0.4 is 5.32 Å². The smallest absolute Gasteiger partial charge is 0.376 e. The summed E-state index contributed by atoms with van der Waals surface area (Å²) in [6.45, 7) is 7.85. The van der Waals surface area contributed by atoms with Crippen molar-refractivity contribution < 1.29 is 14.3 Å². The molecule has 0 atom stereocenters. The van der Waals surface area contributed by atoms with E-state index >= 15 is 0 Å². The summed E-state index contributed by atoms with van der Waals surface area (Å²) in [6.07, 6.45) is -0.531. The van der Waals surface area contributed by atoms with E-state index in [-0.39, 0.29) is 0 Å². The van der Waals surface area contributed by atoms with Crippen LogP contribution in [0.2, 0.25) is 0 Å². The van der Waals surface area contributed by atoms with Crippen LogP contribution in [0.5, 0.6) is 0 Å². The number of ether oxygens (including phenoxy) is 1. The van der Waals surface area contributed by atoms with Gasteiger partial charge in [0.2, 0.25) is 0 Å². The Morgan fingerprint density at radius 2 is 1.73 bits per heavy atom. The van der Waals surface area contributed by atoms with Crippen molar-refractivity contribution in [3.05, 3.63) is 0 Å². The normalized spacial score (nSPS) is 17.4. The molecule has 1 aliphatic heterocycles. The highest BCUT2D eigenvalue weighted by atomic mass is 16.6.